The molecule has 2 aromatic heterocycles. The lowest BCUT2D eigenvalue weighted by molar-refractivity contribution is -0.0919. The number of thiazole rings is 1. The summed E-state index contributed by atoms with van der Waals surface area (Å²) in [5.41, 5.74) is 0.222. The SMILES string of the molecule is COC1(C(C)NC(=O)c2cnc3scc(C)n3c2=O)CCC1. The zero-order valence-corrected chi connectivity index (χ0v) is 13.7. The zero-order valence-electron chi connectivity index (χ0n) is 12.9. The minimum atomic E-state index is -0.395. The molecule has 3 rings (SSSR count). The minimum Gasteiger partial charge on any atom is -0.376 e. The Morgan fingerprint density at radius 1 is 1.55 bits per heavy atom. The summed E-state index contributed by atoms with van der Waals surface area (Å²) in [6, 6.07) is -0.151. The van der Waals surface area contributed by atoms with E-state index in [0.29, 0.717) is 4.96 Å². The Balaban J connectivity index is 1.88. The molecular weight excluding hydrogens is 302 g/mol. The Hall–Kier alpha value is -1.73. The van der Waals surface area contributed by atoms with Crippen LogP contribution >= 0.6 is 11.3 Å². The van der Waals surface area contributed by atoms with E-state index >= 15 is 0 Å². The molecule has 2 heterocycles. The highest BCUT2D eigenvalue weighted by Gasteiger charge is 2.43. The fourth-order valence-corrected chi connectivity index (χ4v) is 3.75. The number of hydrogen-bond donors (Lipinski definition) is 1. The van der Waals surface area contributed by atoms with Crippen molar-refractivity contribution in [2.75, 3.05) is 7.11 Å². The molecule has 0 saturated heterocycles. The molecule has 0 radical (unpaired) electrons. The van der Waals surface area contributed by atoms with Gasteiger partial charge in [0.25, 0.3) is 11.5 Å². The smallest absolute Gasteiger partial charge is 0.271 e. The standard InChI is InChI=1S/C15H19N3O3S/c1-9-8-22-14-16-7-11(13(20)18(9)14)12(19)17-10(2)15(21-3)5-4-6-15/h7-8,10H,4-6H2,1-3H3,(H,17,19). The van der Waals surface area contributed by atoms with Crippen LogP contribution in [0.5, 0.6) is 0 Å². The number of methoxy groups -OCH3 is 1. The number of aromatic nitrogens is 2. The summed E-state index contributed by atoms with van der Waals surface area (Å²) in [5.74, 6) is -0.395. The van der Waals surface area contributed by atoms with Crippen LogP contribution in [0.25, 0.3) is 4.96 Å². The van der Waals surface area contributed by atoms with Crippen LogP contribution in [0.4, 0.5) is 0 Å². The van der Waals surface area contributed by atoms with E-state index in [1.54, 1.807) is 7.11 Å². The number of hydrogen-bond acceptors (Lipinski definition) is 5. The number of aryl methyl sites for hydroxylation is 1. The third-order valence-electron chi connectivity index (χ3n) is 4.60. The van der Waals surface area contributed by atoms with Gasteiger partial charge in [-0.05, 0) is 33.1 Å². The first kappa shape index (κ1) is 15.2. The molecule has 1 unspecified atom stereocenters. The van der Waals surface area contributed by atoms with E-state index in [1.807, 2.05) is 19.2 Å². The van der Waals surface area contributed by atoms with Crippen LogP contribution in [0.15, 0.2) is 16.4 Å². The van der Waals surface area contributed by atoms with Crippen molar-refractivity contribution in [1.82, 2.24) is 14.7 Å². The summed E-state index contributed by atoms with van der Waals surface area (Å²) in [6.45, 7) is 3.74. The van der Waals surface area contributed by atoms with Gasteiger partial charge in [0.05, 0.1) is 11.6 Å². The predicted octanol–water partition coefficient (Wildman–Crippen LogP) is 1.75. The average molecular weight is 321 g/mol. The van der Waals surface area contributed by atoms with Gasteiger partial charge in [-0.15, -0.1) is 11.3 Å². The number of rotatable bonds is 4. The molecule has 0 spiro atoms. The van der Waals surface area contributed by atoms with E-state index in [4.69, 9.17) is 4.74 Å². The molecule has 0 aliphatic heterocycles. The molecule has 2 aromatic rings. The van der Waals surface area contributed by atoms with Crippen LogP contribution < -0.4 is 10.9 Å². The van der Waals surface area contributed by atoms with Gasteiger partial charge in [-0.3, -0.25) is 14.0 Å². The van der Waals surface area contributed by atoms with Crippen molar-refractivity contribution in [2.45, 2.75) is 44.8 Å². The Morgan fingerprint density at radius 3 is 2.86 bits per heavy atom. The van der Waals surface area contributed by atoms with Crippen molar-refractivity contribution in [3.63, 3.8) is 0 Å². The van der Waals surface area contributed by atoms with Gasteiger partial charge in [-0.1, -0.05) is 0 Å². The maximum Gasteiger partial charge on any atom is 0.271 e. The summed E-state index contributed by atoms with van der Waals surface area (Å²) in [7, 11) is 1.67. The fraction of sp³-hybridized carbons (Fsp3) is 0.533. The number of nitrogens with zero attached hydrogens (tertiary/aromatic N) is 2. The van der Waals surface area contributed by atoms with E-state index in [1.165, 1.54) is 21.9 Å². The van der Waals surface area contributed by atoms with Crippen molar-refractivity contribution in [3.05, 3.63) is 33.2 Å². The average Bonchev–Trinajstić information content (AvgIpc) is 2.80. The third kappa shape index (κ3) is 2.24. The van der Waals surface area contributed by atoms with Gasteiger partial charge in [0.15, 0.2) is 4.96 Å². The Kier molecular flexibility index (Phi) is 3.78. The largest absolute Gasteiger partial charge is 0.376 e. The van der Waals surface area contributed by atoms with Gasteiger partial charge in [-0.25, -0.2) is 4.98 Å². The molecule has 1 N–H and O–H groups in total. The van der Waals surface area contributed by atoms with Crippen molar-refractivity contribution in [3.8, 4) is 0 Å². The van der Waals surface area contributed by atoms with Gasteiger partial charge in [0, 0.05) is 24.4 Å². The second-order valence-electron chi connectivity index (χ2n) is 5.79. The number of amides is 1. The first-order chi connectivity index (χ1) is 10.5. The van der Waals surface area contributed by atoms with Crippen LogP contribution in [0.3, 0.4) is 0 Å². The van der Waals surface area contributed by atoms with E-state index in [0.717, 1.165) is 25.0 Å². The Morgan fingerprint density at radius 2 is 2.27 bits per heavy atom. The van der Waals surface area contributed by atoms with Crippen molar-refractivity contribution in [2.24, 2.45) is 0 Å². The number of ether oxygens (including phenoxy) is 1. The van der Waals surface area contributed by atoms with Crippen LogP contribution in [-0.4, -0.2) is 34.0 Å². The topological polar surface area (TPSA) is 72.7 Å². The van der Waals surface area contributed by atoms with Crippen molar-refractivity contribution in [1.29, 1.82) is 0 Å². The van der Waals surface area contributed by atoms with Crippen LogP contribution in [0.1, 0.15) is 42.2 Å². The monoisotopic (exact) mass is 321 g/mol. The molecule has 1 fully saturated rings. The zero-order chi connectivity index (χ0) is 15.9. The summed E-state index contributed by atoms with van der Waals surface area (Å²) in [5, 5.41) is 4.74. The summed E-state index contributed by atoms with van der Waals surface area (Å²) in [6.07, 6.45) is 4.30. The molecule has 0 bridgehead atoms. The second-order valence-corrected chi connectivity index (χ2v) is 6.63. The summed E-state index contributed by atoms with van der Waals surface area (Å²) < 4.78 is 7.04. The quantitative estimate of drug-likeness (QED) is 0.931. The Labute approximate surface area is 132 Å². The maximum atomic E-state index is 12.5. The lowest BCUT2D eigenvalue weighted by atomic mass is 9.75. The van der Waals surface area contributed by atoms with Crippen LogP contribution in [0.2, 0.25) is 0 Å². The molecule has 1 saturated carbocycles. The van der Waals surface area contributed by atoms with E-state index in [-0.39, 0.29) is 22.8 Å². The van der Waals surface area contributed by atoms with Gasteiger partial charge in [-0.2, -0.15) is 0 Å². The fourth-order valence-electron chi connectivity index (χ4n) is 2.93. The van der Waals surface area contributed by atoms with E-state index in [2.05, 4.69) is 10.3 Å². The van der Waals surface area contributed by atoms with Crippen LogP contribution in [0, 0.1) is 6.92 Å². The minimum absolute atomic E-state index is 0.0661. The number of carbonyl (C=O) groups excluding carboxylic acids is 1. The molecule has 6 nitrogen and oxygen atoms in total. The Bertz CT molecular complexity index is 770. The van der Waals surface area contributed by atoms with Crippen LogP contribution in [-0.2, 0) is 4.74 Å². The van der Waals surface area contributed by atoms with E-state index in [9.17, 15) is 9.59 Å². The molecule has 0 aromatic carbocycles. The molecule has 1 amide bonds. The van der Waals surface area contributed by atoms with Crippen molar-refractivity contribution < 1.29 is 9.53 Å². The molecule has 118 valence electrons. The number of nitrogens with one attached hydrogen (secondary N) is 1. The molecule has 1 atom stereocenters. The number of fused-ring (bicyclic) bond motifs is 1. The lowest BCUT2D eigenvalue weighted by Gasteiger charge is -2.45. The molecule has 22 heavy (non-hydrogen) atoms. The highest BCUT2D eigenvalue weighted by molar-refractivity contribution is 7.15. The molecule has 1 aliphatic carbocycles. The highest BCUT2D eigenvalue weighted by Crippen LogP contribution is 2.37. The molecule has 7 heteroatoms. The predicted molar refractivity (Wildman–Crippen MR) is 84.6 cm³/mol. The third-order valence-corrected chi connectivity index (χ3v) is 5.56. The van der Waals surface area contributed by atoms with Gasteiger partial charge < -0.3 is 10.1 Å². The molecular formula is C15H19N3O3S. The van der Waals surface area contributed by atoms with E-state index < -0.39 is 5.91 Å². The first-order valence-electron chi connectivity index (χ1n) is 7.30. The van der Waals surface area contributed by atoms with Gasteiger partial charge in [0.2, 0.25) is 0 Å². The normalized spacial score (nSPS) is 18.0. The summed E-state index contributed by atoms with van der Waals surface area (Å²) in [4.78, 5) is 29.7. The maximum absolute atomic E-state index is 12.5. The lowest BCUT2D eigenvalue weighted by Crippen LogP contribution is -2.56. The second kappa shape index (κ2) is 5.48. The van der Waals surface area contributed by atoms with Crippen molar-refractivity contribution >= 4 is 22.2 Å². The summed E-state index contributed by atoms with van der Waals surface area (Å²) >= 11 is 1.38. The molecule has 1 aliphatic rings. The van der Waals surface area contributed by atoms with Gasteiger partial charge >= 0.3 is 0 Å². The first-order valence-corrected chi connectivity index (χ1v) is 8.18. The number of carbonyl (C=O) groups is 1. The highest BCUT2D eigenvalue weighted by atomic mass is 32.1. The van der Waals surface area contributed by atoms with Gasteiger partial charge in [0.1, 0.15) is 5.56 Å².